The van der Waals surface area contributed by atoms with E-state index in [-0.39, 0.29) is 6.10 Å². The Morgan fingerprint density at radius 2 is 2.05 bits per heavy atom. The van der Waals surface area contributed by atoms with Crippen molar-refractivity contribution in [2.45, 2.75) is 38.7 Å². The molecule has 1 aliphatic carbocycles. The summed E-state index contributed by atoms with van der Waals surface area (Å²) in [5.74, 6) is 0.858. The number of carbonyl (C=O) groups excluding carboxylic acids is 1. The first-order valence-corrected chi connectivity index (χ1v) is 7.30. The molecule has 0 atom stereocenters. The lowest BCUT2D eigenvalue weighted by atomic mass is 9.89. The second-order valence-corrected chi connectivity index (χ2v) is 5.76. The largest absolute Gasteiger partial charge is 0.474 e. The number of carbonyl (C=O) groups is 1. The molecule has 0 amide bonds. The van der Waals surface area contributed by atoms with Gasteiger partial charge in [-0.25, -0.2) is 9.78 Å². The Balaban J connectivity index is 2.10. The normalized spacial score (nSPS) is 22.9. The van der Waals surface area contributed by atoms with Crippen LogP contribution in [0.5, 0.6) is 5.88 Å². The lowest BCUT2D eigenvalue weighted by molar-refractivity contribution is 0.0597. The van der Waals surface area contributed by atoms with Crippen molar-refractivity contribution in [2.75, 3.05) is 7.11 Å². The van der Waals surface area contributed by atoms with Crippen molar-refractivity contribution < 1.29 is 14.3 Å². The van der Waals surface area contributed by atoms with E-state index in [1.165, 1.54) is 20.0 Å². The number of pyridine rings is 1. The zero-order valence-corrected chi connectivity index (χ0v) is 12.8. The predicted octanol–water partition coefficient (Wildman–Crippen LogP) is 3.59. The van der Waals surface area contributed by atoms with Gasteiger partial charge < -0.3 is 9.47 Å². The monoisotopic (exact) mass is 327 g/mol. The van der Waals surface area contributed by atoms with Gasteiger partial charge >= 0.3 is 5.97 Å². The molecule has 1 heterocycles. The minimum absolute atomic E-state index is 0.188. The summed E-state index contributed by atoms with van der Waals surface area (Å²) >= 11 is 3.37. The Hall–Kier alpha value is -1.10. The maximum Gasteiger partial charge on any atom is 0.339 e. The smallest absolute Gasteiger partial charge is 0.339 e. The van der Waals surface area contributed by atoms with Crippen molar-refractivity contribution in [1.29, 1.82) is 0 Å². The second kappa shape index (κ2) is 6.37. The summed E-state index contributed by atoms with van der Waals surface area (Å²) in [5, 5.41) is 0. The van der Waals surface area contributed by atoms with E-state index in [1.54, 1.807) is 12.3 Å². The molecule has 0 radical (unpaired) electrons. The van der Waals surface area contributed by atoms with Gasteiger partial charge in [0.05, 0.1) is 17.1 Å². The van der Waals surface area contributed by atoms with Crippen molar-refractivity contribution in [3.8, 4) is 5.88 Å². The van der Waals surface area contributed by atoms with Crippen LogP contribution in [0.25, 0.3) is 0 Å². The third-order valence-corrected chi connectivity index (χ3v) is 4.27. The van der Waals surface area contributed by atoms with Gasteiger partial charge in [-0.2, -0.15) is 0 Å². The fourth-order valence-electron chi connectivity index (χ4n) is 2.28. The zero-order valence-electron chi connectivity index (χ0n) is 11.2. The van der Waals surface area contributed by atoms with Crippen LogP contribution in [0.1, 0.15) is 43.0 Å². The number of halogens is 1. The molecule has 1 saturated carbocycles. The summed E-state index contributed by atoms with van der Waals surface area (Å²) in [5.41, 5.74) is 0.441. The van der Waals surface area contributed by atoms with Crippen LogP contribution in [0.3, 0.4) is 0 Å². The standard InChI is InChI=1S/C14H18BrNO3/c1-9-3-5-10(6-4-9)19-13-12(15)11(7-8-16-13)14(17)18-2/h7-10H,3-6H2,1-2H3/t9-,10-. The van der Waals surface area contributed by atoms with Crippen LogP contribution in [0, 0.1) is 5.92 Å². The summed E-state index contributed by atoms with van der Waals surface area (Å²) in [6.45, 7) is 2.27. The highest BCUT2D eigenvalue weighted by Crippen LogP contribution is 2.31. The summed E-state index contributed by atoms with van der Waals surface area (Å²) in [6, 6.07) is 1.62. The minimum atomic E-state index is -0.392. The SMILES string of the molecule is COC(=O)c1ccnc(O[C@H]2CC[C@H](C)CC2)c1Br. The molecule has 1 aliphatic rings. The van der Waals surface area contributed by atoms with E-state index in [1.807, 2.05) is 0 Å². The fraction of sp³-hybridized carbons (Fsp3) is 0.571. The Bertz CT molecular complexity index is 456. The number of hydrogen-bond acceptors (Lipinski definition) is 4. The molecule has 0 N–H and O–H groups in total. The van der Waals surface area contributed by atoms with Gasteiger partial charge in [-0.15, -0.1) is 0 Å². The summed E-state index contributed by atoms with van der Waals surface area (Å²) in [6.07, 6.45) is 6.19. The quantitative estimate of drug-likeness (QED) is 0.796. The number of aromatic nitrogens is 1. The molecular formula is C14H18BrNO3. The number of esters is 1. The number of rotatable bonds is 3. The van der Waals surface area contributed by atoms with Crippen molar-refractivity contribution in [1.82, 2.24) is 4.98 Å². The first-order chi connectivity index (χ1) is 9.11. The molecule has 0 unspecified atom stereocenters. The molecule has 0 aliphatic heterocycles. The van der Waals surface area contributed by atoms with E-state index in [0.717, 1.165) is 18.8 Å². The maximum absolute atomic E-state index is 11.6. The Kier molecular flexibility index (Phi) is 4.80. The number of nitrogens with zero attached hydrogens (tertiary/aromatic N) is 1. The Morgan fingerprint density at radius 3 is 2.68 bits per heavy atom. The van der Waals surface area contributed by atoms with E-state index in [4.69, 9.17) is 9.47 Å². The summed E-state index contributed by atoms with van der Waals surface area (Å²) in [4.78, 5) is 15.8. The van der Waals surface area contributed by atoms with Gasteiger partial charge in [-0.1, -0.05) is 6.92 Å². The van der Waals surface area contributed by atoms with Crippen LogP contribution in [0.4, 0.5) is 0 Å². The van der Waals surface area contributed by atoms with Crippen LogP contribution in [-0.2, 0) is 4.74 Å². The summed E-state index contributed by atoms with van der Waals surface area (Å²) in [7, 11) is 1.36. The molecule has 1 aromatic rings. The van der Waals surface area contributed by atoms with Gasteiger partial charge in [0.15, 0.2) is 0 Å². The number of hydrogen-bond donors (Lipinski definition) is 0. The van der Waals surface area contributed by atoms with Crippen molar-refractivity contribution in [3.63, 3.8) is 0 Å². The molecule has 1 fully saturated rings. The van der Waals surface area contributed by atoms with Crippen LogP contribution >= 0.6 is 15.9 Å². The molecule has 5 heteroatoms. The molecule has 0 saturated heterocycles. The van der Waals surface area contributed by atoms with Crippen LogP contribution in [0.2, 0.25) is 0 Å². The van der Waals surface area contributed by atoms with E-state index in [2.05, 4.69) is 27.8 Å². The Labute approximate surface area is 121 Å². The van der Waals surface area contributed by atoms with Crippen molar-refractivity contribution in [3.05, 3.63) is 22.3 Å². The third kappa shape index (κ3) is 3.47. The van der Waals surface area contributed by atoms with Gasteiger partial charge in [0, 0.05) is 6.20 Å². The molecule has 4 nitrogen and oxygen atoms in total. The third-order valence-electron chi connectivity index (χ3n) is 3.50. The van der Waals surface area contributed by atoms with Gasteiger partial charge in [-0.05, 0) is 53.6 Å². The average Bonchev–Trinajstić information content (AvgIpc) is 2.43. The maximum atomic E-state index is 11.6. The molecule has 19 heavy (non-hydrogen) atoms. The molecule has 104 valence electrons. The first kappa shape index (κ1) is 14.3. The lowest BCUT2D eigenvalue weighted by Crippen LogP contribution is -2.23. The van der Waals surface area contributed by atoms with Crippen LogP contribution in [-0.4, -0.2) is 24.2 Å². The lowest BCUT2D eigenvalue weighted by Gasteiger charge is -2.26. The molecule has 0 bridgehead atoms. The molecular weight excluding hydrogens is 310 g/mol. The number of methoxy groups -OCH3 is 1. The van der Waals surface area contributed by atoms with E-state index >= 15 is 0 Å². The molecule has 1 aromatic heterocycles. The van der Waals surface area contributed by atoms with E-state index in [9.17, 15) is 4.79 Å². The van der Waals surface area contributed by atoms with E-state index in [0.29, 0.717) is 15.9 Å². The van der Waals surface area contributed by atoms with Crippen molar-refractivity contribution >= 4 is 21.9 Å². The number of ether oxygens (including phenoxy) is 2. The first-order valence-electron chi connectivity index (χ1n) is 6.51. The summed E-state index contributed by atoms with van der Waals surface area (Å²) < 4.78 is 11.2. The highest BCUT2D eigenvalue weighted by molar-refractivity contribution is 9.10. The molecule has 2 rings (SSSR count). The molecule has 0 aromatic carbocycles. The van der Waals surface area contributed by atoms with Gasteiger partial charge in [0.2, 0.25) is 5.88 Å². The van der Waals surface area contributed by atoms with Gasteiger partial charge in [-0.3, -0.25) is 0 Å². The van der Waals surface area contributed by atoms with Crippen molar-refractivity contribution in [2.24, 2.45) is 5.92 Å². The minimum Gasteiger partial charge on any atom is -0.474 e. The highest BCUT2D eigenvalue weighted by atomic mass is 79.9. The molecule has 0 spiro atoms. The Morgan fingerprint density at radius 1 is 1.37 bits per heavy atom. The zero-order chi connectivity index (χ0) is 13.8. The fourth-order valence-corrected chi connectivity index (χ4v) is 2.77. The highest BCUT2D eigenvalue weighted by Gasteiger charge is 2.22. The van der Waals surface area contributed by atoms with Gasteiger partial charge in [0.1, 0.15) is 6.10 Å². The topological polar surface area (TPSA) is 48.4 Å². The van der Waals surface area contributed by atoms with Gasteiger partial charge in [0.25, 0.3) is 0 Å². The predicted molar refractivity (Wildman–Crippen MR) is 75.3 cm³/mol. The van der Waals surface area contributed by atoms with E-state index < -0.39 is 5.97 Å². The average molecular weight is 328 g/mol. The van der Waals surface area contributed by atoms with Crippen LogP contribution in [0.15, 0.2) is 16.7 Å². The van der Waals surface area contributed by atoms with Crippen LogP contribution < -0.4 is 4.74 Å². The second-order valence-electron chi connectivity index (χ2n) is 4.97.